The zero-order valence-corrected chi connectivity index (χ0v) is 36.0. The van der Waals surface area contributed by atoms with Gasteiger partial charge in [0.15, 0.2) is 0 Å². The highest BCUT2D eigenvalue weighted by molar-refractivity contribution is 6.49. The fourth-order valence-corrected chi connectivity index (χ4v) is 12.5. The number of para-hydroxylation sites is 2. The first-order valence-electron chi connectivity index (χ1n) is 22.9. The highest BCUT2D eigenvalue weighted by atomic mass is 15.1. The van der Waals surface area contributed by atoms with Gasteiger partial charge >= 0.3 is 0 Å². The van der Waals surface area contributed by atoms with Crippen LogP contribution in [-0.2, 0) is 0 Å². The average molecular weight is 822 g/mol. The maximum Gasteiger partial charge on any atom is 0.0468 e. The molecule has 15 rings (SSSR count). The molecule has 0 amide bonds. The van der Waals surface area contributed by atoms with E-state index in [2.05, 4.69) is 219 Å². The van der Waals surface area contributed by atoms with Crippen LogP contribution in [0.1, 0.15) is 11.1 Å². The molecule has 0 unspecified atom stereocenters. The second kappa shape index (κ2) is 12.7. The van der Waals surface area contributed by atoms with E-state index < -0.39 is 0 Å². The third-order valence-electron chi connectivity index (χ3n) is 15.1. The van der Waals surface area contributed by atoms with E-state index >= 15 is 0 Å². The molecule has 300 valence electrons. The lowest BCUT2D eigenvalue weighted by atomic mass is 9.85. The number of fused-ring (bicyclic) bond motifs is 12. The molecule has 0 aromatic heterocycles. The van der Waals surface area contributed by atoms with Gasteiger partial charge in [0.2, 0.25) is 0 Å². The van der Waals surface area contributed by atoms with Crippen molar-refractivity contribution in [2.24, 2.45) is 0 Å². The minimum atomic E-state index is 1.14. The third kappa shape index (κ3) is 4.47. The van der Waals surface area contributed by atoms with Crippen LogP contribution in [0.15, 0.2) is 200 Å². The number of anilines is 3. The maximum absolute atomic E-state index is 2.46. The zero-order chi connectivity index (χ0) is 42.7. The summed E-state index contributed by atoms with van der Waals surface area (Å²) in [6, 6.07) is 75.2. The summed E-state index contributed by atoms with van der Waals surface area (Å²) in [5.41, 5.74) is 21.9. The van der Waals surface area contributed by atoms with Crippen molar-refractivity contribution in [2.75, 3.05) is 4.90 Å². The van der Waals surface area contributed by atoms with Crippen LogP contribution in [0.25, 0.3) is 131 Å². The molecule has 0 heterocycles. The monoisotopic (exact) mass is 821 g/mol. The summed E-state index contributed by atoms with van der Waals surface area (Å²) >= 11 is 0. The van der Waals surface area contributed by atoms with Gasteiger partial charge < -0.3 is 4.90 Å². The van der Waals surface area contributed by atoms with Gasteiger partial charge in [-0.25, -0.2) is 0 Å². The highest BCUT2D eigenvalue weighted by Crippen LogP contribution is 2.61. The summed E-state index contributed by atoms with van der Waals surface area (Å²) in [7, 11) is 0. The van der Waals surface area contributed by atoms with Crippen LogP contribution in [0.2, 0.25) is 0 Å². The highest BCUT2D eigenvalue weighted by Gasteiger charge is 2.33. The number of aryl methyl sites for hydroxylation is 2. The van der Waals surface area contributed by atoms with E-state index in [0.717, 1.165) is 17.1 Å². The lowest BCUT2D eigenvalue weighted by molar-refractivity contribution is 1.28. The van der Waals surface area contributed by atoms with E-state index in [-0.39, 0.29) is 0 Å². The number of hydrogen-bond acceptors (Lipinski definition) is 1. The molecule has 0 radical (unpaired) electrons. The van der Waals surface area contributed by atoms with Gasteiger partial charge in [-0.15, -0.1) is 0 Å². The summed E-state index contributed by atoms with van der Waals surface area (Å²) in [5, 5.41) is 16.3. The number of rotatable bonds is 5. The van der Waals surface area contributed by atoms with Gasteiger partial charge in [-0.05, 0) is 193 Å². The van der Waals surface area contributed by atoms with E-state index in [1.807, 2.05) is 0 Å². The van der Waals surface area contributed by atoms with Crippen molar-refractivity contribution in [3.63, 3.8) is 0 Å². The van der Waals surface area contributed by atoms with E-state index in [9.17, 15) is 0 Å². The molecule has 65 heavy (non-hydrogen) atoms. The quantitative estimate of drug-likeness (QED) is 0.167. The number of benzene rings is 11. The van der Waals surface area contributed by atoms with E-state index in [0.29, 0.717) is 0 Å². The minimum absolute atomic E-state index is 1.14. The second-order valence-corrected chi connectivity index (χ2v) is 18.3. The largest absolute Gasteiger partial charge is 0.310 e. The first-order chi connectivity index (χ1) is 32.1. The normalized spacial score (nSPS) is 12.5. The van der Waals surface area contributed by atoms with E-state index in [4.69, 9.17) is 0 Å². The Balaban J connectivity index is 1.10. The molecule has 0 saturated carbocycles. The fourth-order valence-electron chi connectivity index (χ4n) is 12.5. The summed E-state index contributed by atoms with van der Waals surface area (Å²) in [4.78, 5) is 2.38. The van der Waals surface area contributed by atoms with Crippen LogP contribution in [0.4, 0.5) is 17.1 Å². The Hall–Kier alpha value is -8.26. The predicted octanol–water partition coefficient (Wildman–Crippen LogP) is 18.2. The first kappa shape index (κ1) is 35.2. The van der Waals surface area contributed by atoms with E-state index in [1.165, 1.54) is 143 Å². The van der Waals surface area contributed by atoms with Crippen molar-refractivity contribution < 1.29 is 0 Å². The van der Waals surface area contributed by atoms with Crippen LogP contribution >= 0.6 is 0 Å². The molecular formula is C64H39N. The van der Waals surface area contributed by atoms with Crippen LogP contribution < -0.4 is 4.90 Å². The summed E-state index contributed by atoms with van der Waals surface area (Å²) in [6.07, 6.45) is 0. The van der Waals surface area contributed by atoms with Crippen molar-refractivity contribution in [2.45, 2.75) is 13.8 Å². The molecule has 1 nitrogen and oxygen atoms in total. The zero-order valence-electron chi connectivity index (χ0n) is 36.0. The molecule has 0 atom stereocenters. The molecule has 0 saturated heterocycles. The van der Waals surface area contributed by atoms with Gasteiger partial charge in [-0.1, -0.05) is 164 Å². The molecule has 0 N–H and O–H groups in total. The van der Waals surface area contributed by atoms with Crippen LogP contribution in [0.3, 0.4) is 0 Å². The molecule has 0 fully saturated rings. The topological polar surface area (TPSA) is 3.24 Å². The maximum atomic E-state index is 2.46. The standard InChI is InChI=1S/C64H39N/c1-36-15-9-11-21-41(36)59-61-50-31-27-46-43-23-13-14-24-44(43)47-28-32-51(57(50)55(46)47)62(61)60(42-22-12-10-16-37(42)2)64-53-34-30-49-54-35-40(65(38-17-5-3-6-18-38)39-19-7-4-8-20-39)25-26-45(54)48-29-33-52(63(59)64)58(53)56(48)49/h3-35H,1-2H3. The van der Waals surface area contributed by atoms with Crippen LogP contribution in [0.5, 0.6) is 0 Å². The summed E-state index contributed by atoms with van der Waals surface area (Å²) in [5.74, 6) is 0. The van der Waals surface area contributed by atoms with Gasteiger partial charge in [0.05, 0.1) is 0 Å². The predicted molar refractivity (Wildman–Crippen MR) is 278 cm³/mol. The molecular weight excluding hydrogens is 783 g/mol. The van der Waals surface area contributed by atoms with Crippen molar-refractivity contribution in [1.29, 1.82) is 0 Å². The van der Waals surface area contributed by atoms with E-state index in [1.54, 1.807) is 0 Å². The molecule has 13 aromatic carbocycles. The van der Waals surface area contributed by atoms with Gasteiger partial charge in [-0.2, -0.15) is 0 Å². The number of nitrogens with zero attached hydrogens (tertiary/aromatic N) is 1. The Kier molecular flexibility index (Phi) is 6.88. The minimum Gasteiger partial charge on any atom is -0.310 e. The van der Waals surface area contributed by atoms with Crippen molar-refractivity contribution in [1.82, 2.24) is 0 Å². The number of hydrogen-bond donors (Lipinski definition) is 0. The molecule has 0 spiro atoms. The SMILES string of the molecule is Cc1ccccc1-c1c2c3ccc4c5c(ccc(c2c(-c2ccccc2C)c2c6ccc7c8c(ccc(c12)c86)-c1ccc(N(c2ccccc2)c2ccccc2)cc1-7)c53)-c1ccccc1-4. The smallest absolute Gasteiger partial charge is 0.0468 e. The fraction of sp³-hybridized carbons (Fsp3) is 0.0312. The summed E-state index contributed by atoms with van der Waals surface area (Å²) < 4.78 is 0. The molecule has 2 aliphatic carbocycles. The van der Waals surface area contributed by atoms with Crippen LogP contribution in [-0.4, -0.2) is 0 Å². The van der Waals surface area contributed by atoms with Gasteiger partial charge in [-0.3, -0.25) is 0 Å². The second-order valence-electron chi connectivity index (χ2n) is 18.3. The lowest BCUT2D eigenvalue weighted by Crippen LogP contribution is -2.09. The Morgan fingerprint density at radius 3 is 0.985 bits per heavy atom. The lowest BCUT2D eigenvalue weighted by Gasteiger charge is -2.26. The van der Waals surface area contributed by atoms with Gasteiger partial charge in [0.1, 0.15) is 0 Å². The summed E-state index contributed by atoms with van der Waals surface area (Å²) in [6.45, 7) is 4.59. The van der Waals surface area contributed by atoms with Crippen molar-refractivity contribution in [3.8, 4) is 66.8 Å². The van der Waals surface area contributed by atoms with Gasteiger partial charge in [0, 0.05) is 17.1 Å². The average Bonchev–Trinajstić information content (AvgIpc) is 4.07. The Bertz CT molecular complexity index is 3980. The Labute approximate surface area is 376 Å². The molecule has 0 aliphatic heterocycles. The van der Waals surface area contributed by atoms with Gasteiger partial charge in [0.25, 0.3) is 0 Å². The molecule has 13 aromatic rings. The van der Waals surface area contributed by atoms with Crippen LogP contribution in [0, 0.1) is 13.8 Å². The molecule has 1 heteroatoms. The molecule has 2 aliphatic rings. The first-order valence-corrected chi connectivity index (χ1v) is 22.9. The van der Waals surface area contributed by atoms with Crippen molar-refractivity contribution >= 4 is 81.7 Å². The Morgan fingerprint density at radius 1 is 0.231 bits per heavy atom. The molecule has 0 bridgehead atoms. The third-order valence-corrected chi connectivity index (χ3v) is 15.1. The Morgan fingerprint density at radius 2 is 0.569 bits per heavy atom. The van der Waals surface area contributed by atoms with Crippen molar-refractivity contribution in [3.05, 3.63) is 211 Å².